The molecule has 30 heavy (non-hydrogen) atoms. The Balaban J connectivity index is 0.000000329. The number of H-pyrrole nitrogens is 1. The molecule has 2 rings (SSSR count). The van der Waals surface area contributed by atoms with Gasteiger partial charge in [0.2, 0.25) is 0 Å². The second-order valence-corrected chi connectivity index (χ2v) is 6.17. The third-order valence-electron chi connectivity index (χ3n) is 4.06. The summed E-state index contributed by atoms with van der Waals surface area (Å²) in [6.45, 7) is 8.51. The predicted molar refractivity (Wildman–Crippen MR) is 115 cm³/mol. The Kier molecular flexibility index (Phi) is 11.6. The molecule has 3 N–H and O–H groups in total. The highest BCUT2D eigenvalue weighted by Gasteiger charge is 2.18. The number of hydrogen-bond acceptors (Lipinski definition) is 4. The minimum atomic E-state index is -0.991. The van der Waals surface area contributed by atoms with Crippen LogP contribution < -0.4 is 10.6 Å². The van der Waals surface area contributed by atoms with Crippen LogP contribution in [0.4, 0.5) is 14.5 Å². The number of anilines is 1. The first-order chi connectivity index (χ1) is 14.5. The van der Waals surface area contributed by atoms with Crippen LogP contribution in [-0.2, 0) is 0 Å². The van der Waals surface area contributed by atoms with Gasteiger partial charge in [0, 0.05) is 6.54 Å². The van der Waals surface area contributed by atoms with Crippen molar-refractivity contribution in [2.24, 2.45) is 0 Å². The first-order valence-corrected chi connectivity index (χ1v) is 9.72. The van der Waals surface area contributed by atoms with E-state index in [0.29, 0.717) is 6.29 Å². The average molecular weight is 418 g/mol. The van der Waals surface area contributed by atoms with E-state index in [1.54, 1.807) is 0 Å². The molecule has 6 nitrogen and oxygen atoms in total. The zero-order chi connectivity index (χ0) is 22.4. The zero-order valence-corrected chi connectivity index (χ0v) is 17.5. The second-order valence-electron chi connectivity index (χ2n) is 6.17. The van der Waals surface area contributed by atoms with Crippen molar-refractivity contribution in [2.45, 2.75) is 33.6 Å². The van der Waals surface area contributed by atoms with Crippen LogP contribution in [0, 0.1) is 11.6 Å². The third-order valence-corrected chi connectivity index (χ3v) is 4.06. The molecule has 2 aromatic rings. The van der Waals surface area contributed by atoms with E-state index in [9.17, 15) is 18.4 Å². The van der Waals surface area contributed by atoms with Gasteiger partial charge in [0.1, 0.15) is 22.9 Å². The van der Waals surface area contributed by atoms with Crippen LogP contribution in [0.2, 0.25) is 0 Å². The van der Waals surface area contributed by atoms with E-state index in [1.165, 1.54) is 11.8 Å². The van der Waals surface area contributed by atoms with E-state index in [-0.39, 0.29) is 11.4 Å². The topological polar surface area (TPSA) is 86.9 Å². The van der Waals surface area contributed by atoms with Crippen LogP contribution in [0.25, 0.3) is 0 Å². The molecule has 0 bridgehead atoms. The summed E-state index contributed by atoms with van der Waals surface area (Å²) < 4.78 is 26.6. The molecule has 162 valence electrons. The van der Waals surface area contributed by atoms with Crippen molar-refractivity contribution < 1.29 is 18.4 Å². The van der Waals surface area contributed by atoms with Crippen LogP contribution in [0.5, 0.6) is 0 Å². The highest BCUT2D eigenvalue weighted by molar-refractivity contribution is 6.06. The van der Waals surface area contributed by atoms with Crippen LogP contribution in [-0.4, -0.2) is 35.5 Å². The van der Waals surface area contributed by atoms with Gasteiger partial charge in [0.15, 0.2) is 6.29 Å². The molecule has 8 heteroatoms. The van der Waals surface area contributed by atoms with E-state index in [1.807, 2.05) is 0 Å². The van der Waals surface area contributed by atoms with Crippen LogP contribution >= 0.6 is 0 Å². The van der Waals surface area contributed by atoms with E-state index < -0.39 is 23.1 Å². The van der Waals surface area contributed by atoms with Gasteiger partial charge in [0.05, 0.1) is 11.9 Å². The standard InChI is InChI=1S/C11H7F2N3O2.C11H21N/c12-6-2-1-3-7(13)10(6)11(18)15-8-4-14-16-9(8)5-17;1-4-7-8-9-11(5-2)10-12-6-3/h1-5H,(H,14,16)(H,15,18);4,7,9,12H,5-6,8,10H2,1-3H3/b;7-4-,11-9+. The van der Waals surface area contributed by atoms with Gasteiger partial charge in [-0.05, 0) is 38.4 Å². The van der Waals surface area contributed by atoms with Gasteiger partial charge in [-0.2, -0.15) is 5.10 Å². The fourth-order valence-corrected chi connectivity index (χ4v) is 2.38. The number of rotatable bonds is 9. The summed E-state index contributed by atoms with van der Waals surface area (Å²) in [5.41, 5.74) is 0.864. The lowest BCUT2D eigenvalue weighted by Gasteiger charge is -2.05. The predicted octanol–water partition coefficient (Wildman–Crippen LogP) is 4.65. The Morgan fingerprint density at radius 2 is 1.93 bits per heavy atom. The summed E-state index contributed by atoms with van der Waals surface area (Å²) in [6, 6.07) is 3.08. The molecule has 0 spiro atoms. The summed E-state index contributed by atoms with van der Waals surface area (Å²) in [4.78, 5) is 22.2. The summed E-state index contributed by atoms with van der Waals surface area (Å²) in [5.74, 6) is -2.96. The van der Waals surface area contributed by atoms with E-state index in [4.69, 9.17) is 0 Å². The molecule has 0 aliphatic heterocycles. The number of likely N-dealkylation sites (N-methyl/N-ethyl adjacent to an activating group) is 1. The Hall–Kier alpha value is -3.13. The number of carbonyl (C=O) groups is 2. The number of nitrogens with zero attached hydrogens (tertiary/aromatic N) is 1. The monoisotopic (exact) mass is 418 g/mol. The molecule has 1 aromatic heterocycles. The number of aromatic nitrogens is 2. The summed E-state index contributed by atoms with van der Waals surface area (Å²) in [7, 11) is 0. The Bertz CT molecular complexity index is 856. The van der Waals surface area contributed by atoms with Crippen LogP contribution in [0.1, 0.15) is 54.5 Å². The van der Waals surface area contributed by atoms with Crippen molar-refractivity contribution in [1.29, 1.82) is 0 Å². The van der Waals surface area contributed by atoms with Crippen molar-refractivity contribution >= 4 is 17.9 Å². The van der Waals surface area contributed by atoms with Crippen LogP contribution in [0.3, 0.4) is 0 Å². The SMILES string of the molecule is C/C=C\C/C=C(\CC)CNCC.O=Cc1[nH]ncc1NC(=O)c1c(F)cccc1F. The molecule has 0 aliphatic rings. The zero-order valence-electron chi connectivity index (χ0n) is 17.5. The number of benzene rings is 1. The number of hydrogen-bond donors (Lipinski definition) is 3. The van der Waals surface area contributed by atoms with Gasteiger partial charge in [-0.25, -0.2) is 8.78 Å². The minimum absolute atomic E-state index is 0.0140. The third kappa shape index (κ3) is 8.08. The average Bonchev–Trinajstić information content (AvgIpc) is 3.18. The Morgan fingerprint density at radius 3 is 2.50 bits per heavy atom. The summed E-state index contributed by atoms with van der Waals surface area (Å²) >= 11 is 0. The largest absolute Gasteiger partial charge is 0.318 e. The normalized spacial score (nSPS) is 11.2. The number of aldehydes is 1. The molecule has 1 heterocycles. The fraction of sp³-hybridized carbons (Fsp3) is 0.318. The van der Waals surface area contributed by atoms with E-state index >= 15 is 0 Å². The van der Waals surface area contributed by atoms with Crippen molar-refractivity contribution in [2.75, 3.05) is 18.4 Å². The Labute approximate surface area is 175 Å². The highest BCUT2D eigenvalue weighted by Crippen LogP contribution is 2.16. The number of halogens is 2. The molecule has 0 atom stereocenters. The number of amides is 1. The van der Waals surface area contributed by atoms with Crippen LogP contribution in [0.15, 0.2) is 48.2 Å². The maximum Gasteiger partial charge on any atom is 0.261 e. The number of allylic oxidation sites excluding steroid dienone is 3. The molecule has 0 saturated carbocycles. The lowest BCUT2D eigenvalue weighted by atomic mass is 10.1. The number of aromatic amines is 1. The number of carbonyl (C=O) groups excluding carboxylic acids is 2. The maximum absolute atomic E-state index is 13.3. The molecular weight excluding hydrogens is 390 g/mol. The lowest BCUT2D eigenvalue weighted by Crippen LogP contribution is -2.16. The smallest absolute Gasteiger partial charge is 0.261 e. The van der Waals surface area contributed by atoms with Gasteiger partial charge in [-0.3, -0.25) is 14.7 Å². The highest BCUT2D eigenvalue weighted by atomic mass is 19.1. The fourth-order valence-electron chi connectivity index (χ4n) is 2.38. The maximum atomic E-state index is 13.3. The van der Waals surface area contributed by atoms with Crippen molar-refractivity contribution in [1.82, 2.24) is 15.5 Å². The van der Waals surface area contributed by atoms with Crippen molar-refractivity contribution in [3.8, 4) is 0 Å². The van der Waals surface area contributed by atoms with Gasteiger partial charge >= 0.3 is 0 Å². The first kappa shape index (κ1) is 24.9. The molecule has 1 aromatic carbocycles. The minimum Gasteiger partial charge on any atom is -0.318 e. The van der Waals surface area contributed by atoms with Crippen molar-refractivity contribution in [3.63, 3.8) is 0 Å². The van der Waals surface area contributed by atoms with Crippen molar-refractivity contribution in [3.05, 3.63) is 71.1 Å². The van der Waals surface area contributed by atoms with E-state index in [0.717, 1.165) is 44.1 Å². The van der Waals surface area contributed by atoms with Gasteiger partial charge < -0.3 is 10.6 Å². The molecule has 0 unspecified atom stereocenters. The molecule has 0 aliphatic carbocycles. The second kappa shape index (κ2) is 13.9. The summed E-state index contributed by atoms with van der Waals surface area (Å²) in [5, 5.41) is 11.4. The molecular formula is C22H28F2N4O2. The summed E-state index contributed by atoms with van der Waals surface area (Å²) in [6.07, 6.45) is 10.4. The molecule has 1 amide bonds. The van der Waals surface area contributed by atoms with Gasteiger partial charge in [-0.15, -0.1) is 0 Å². The molecule has 0 fully saturated rings. The lowest BCUT2D eigenvalue weighted by molar-refractivity contribution is 0.101. The van der Waals surface area contributed by atoms with Gasteiger partial charge in [0.25, 0.3) is 5.91 Å². The first-order valence-electron chi connectivity index (χ1n) is 9.72. The molecule has 0 saturated heterocycles. The Morgan fingerprint density at radius 1 is 1.23 bits per heavy atom. The number of nitrogens with one attached hydrogen (secondary N) is 3. The van der Waals surface area contributed by atoms with Gasteiger partial charge in [-0.1, -0.05) is 43.7 Å². The van der Waals surface area contributed by atoms with E-state index in [2.05, 4.69) is 59.8 Å². The molecule has 0 radical (unpaired) electrons. The quantitative estimate of drug-likeness (QED) is 0.409.